The SMILES string of the molecule is Cc1cc(C(C)N2Cc3c(ccnc3NC(=O)Cc3cocn3)C2=O)ncc1OCCC(F)(F)F. The van der Waals surface area contributed by atoms with Gasteiger partial charge in [0, 0.05) is 17.3 Å². The zero-order chi connectivity index (χ0) is 25.2. The molecule has 4 heterocycles. The second-order valence-corrected chi connectivity index (χ2v) is 8.09. The summed E-state index contributed by atoms with van der Waals surface area (Å²) in [6.45, 7) is 3.20. The number of carbonyl (C=O) groups is 2. The summed E-state index contributed by atoms with van der Waals surface area (Å²) >= 11 is 0. The minimum absolute atomic E-state index is 0.00347. The van der Waals surface area contributed by atoms with Crippen LogP contribution >= 0.6 is 0 Å². The molecule has 0 saturated heterocycles. The Bertz CT molecular complexity index is 1230. The number of fused-ring (bicyclic) bond motifs is 1. The highest BCUT2D eigenvalue weighted by atomic mass is 19.4. The zero-order valence-electron chi connectivity index (χ0n) is 18.9. The Morgan fingerprint density at radius 3 is 2.80 bits per heavy atom. The Kier molecular flexibility index (Phi) is 6.72. The normalized spacial score (nSPS) is 14.1. The molecule has 9 nitrogen and oxygen atoms in total. The molecule has 3 aromatic heterocycles. The highest BCUT2D eigenvalue weighted by Gasteiger charge is 2.34. The number of rotatable bonds is 8. The zero-order valence-corrected chi connectivity index (χ0v) is 18.9. The van der Waals surface area contributed by atoms with Gasteiger partial charge in [-0.05, 0) is 31.5 Å². The number of alkyl halides is 3. The van der Waals surface area contributed by atoms with Crippen LogP contribution in [-0.2, 0) is 17.8 Å². The van der Waals surface area contributed by atoms with Gasteiger partial charge in [0.1, 0.15) is 17.8 Å². The molecule has 4 rings (SSSR count). The molecular weight excluding hydrogens is 467 g/mol. The summed E-state index contributed by atoms with van der Waals surface area (Å²) in [5.74, 6) is -0.0526. The fourth-order valence-electron chi connectivity index (χ4n) is 3.72. The van der Waals surface area contributed by atoms with Gasteiger partial charge in [0.05, 0.1) is 49.6 Å². The van der Waals surface area contributed by atoms with Gasteiger partial charge in [0.2, 0.25) is 5.91 Å². The Hall–Kier alpha value is -3.96. The van der Waals surface area contributed by atoms with E-state index in [1.165, 1.54) is 25.1 Å². The molecule has 0 saturated carbocycles. The Morgan fingerprint density at radius 2 is 2.11 bits per heavy atom. The first-order chi connectivity index (χ1) is 16.6. The molecule has 35 heavy (non-hydrogen) atoms. The van der Waals surface area contributed by atoms with Crippen LogP contribution in [0.2, 0.25) is 0 Å². The van der Waals surface area contributed by atoms with Gasteiger partial charge >= 0.3 is 6.18 Å². The summed E-state index contributed by atoms with van der Waals surface area (Å²) < 4.78 is 47.2. The maximum atomic E-state index is 13.1. The van der Waals surface area contributed by atoms with Gasteiger partial charge in [-0.3, -0.25) is 14.6 Å². The predicted octanol–water partition coefficient (Wildman–Crippen LogP) is 4.00. The molecule has 184 valence electrons. The molecule has 1 aliphatic rings. The van der Waals surface area contributed by atoms with Crippen LogP contribution in [0.15, 0.2) is 41.6 Å². The van der Waals surface area contributed by atoms with E-state index in [1.54, 1.807) is 30.9 Å². The topological polar surface area (TPSA) is 110 Å². The maximum Gasteiger partial charge on any atom is 0.392 e. The molecular formula is C23H22F3N5O4. The van der Waals surface area contributed by atoms with Crippen LogP contribution in [0.1, 0.15) is 52.3 Å². The molecule has 0 spiro atoms. The number of nitrogens with one attached hydrogen (secondary N) is 1. The lowest BCUT2D eigenvalue weighted by atomic mass is 10.1. The first-order valence-electron chi connectivity index (χ1n) is 10.7. The van der Waals surface area contributed by atoms with E-state index in [-0.39, 0.29) is 36.3 Å². The second-order valence-electron chi connectivity index (χ2n) is 8.09. The number of carbonyl (C=O) groups excluding carboxylic acids is 2. The number of nitrogens with zero attached hydrogens (tertiary/aromatic N) is 4. The molecule has 1 N–H and O–H groups in total. The van der Waals surface area contributed by atoms with Crippen molar-refractivity contribution in [3.05, 3.63) is 65.3 Å². The van der Waals surface area contributed by atoms with Gasteiger partial charge < -0.3 is 19.4 Å². The van der Waals surface area contributed by atoms with Crippen LogP contribution in [-0.4, -0.2) is 44.4 Å². The summed E-state index contributed by atoms with van der Waals surface area (Å²) in [5.41, 5.74) is 2.63. The first-order valence-corrected chi connectivity index (χ1v) is 10.7. The number of pyridine rings is 2. The number of aromatic nitrogens is 3. The fourth-order valence-corrected chi connectivity index (χ4v) is 3.72. The lowest BCUT2D eigenvalue weighted by Gasteiger charge is -2.24. The molecule has 1 aliphatic heterocycles. The van der Waals surface area contributed by atoms with Crippen molar-refractivity contribution in [2.75, 3.05) is 11.9 Å². The minimum Gasteiger partial charge on any atom is -0.491 e. The highest BCUT2D eigenvalue weighted by Crippen LogP contribution is 2.34. The first kappa shape index (κ1) is 24.2. The smallest absolute Gasteiger partial charge is 0.392 e. The molecule has 0 radical (unpaired) electrons. The Labute approximate surface area is 198 Å². The number of halogens is 3. The summed E-state index contributed by atoms with van der Waals surface area (Å²) in [7, 11) is 0. The van der Waals surface area contributed by atoms with Crippen LogP contribution in [0.4, 0.5) is 19.0 Å². The highest BCUT2D eigenvalue weighted by molar-refractivity contribution is 6.01. The summed E-state index contributed by atoms with van der Waals surface area (Å²) in [6.07, 6.45) is 0.0543. The third-order valence-corrected chi connectivity index (χ3v) is 5.58. The van der Waals surface area contributed by atoms with Crippen molar-refractivity contribution >= 4 is 17.6 Å². The van der Waals surface area contributed by atoms with Gasteiger partial charge in [0.15, 0.2) is 6.39 Å². The molecule has 0 aliphatic carbocycles. The van der Waals surface area contributed by atoms with Crippen molar-refractivity contribution in [1.29, 1.82) is 0 Å². The summed E-state index contributed by atoms with van der Waals surface area (Å²) in [5, 5.41) is 2.72. The van der Waals surface area contributed by atoms with Gasteiger partial charge in [0.25, 0.3) is 5.91 Å². The van der Waals surface area contributed by atoms with Crippen molar-refractivity contribution in [2.24, 2.45) is 0 Å². The van der Waals surface area contributed by atoms with Crippen molar-refractivity contribution in [1.82, 2.24) is 19.9 Å². The van der Waals surface area contributed by atoms with Crippen LogP contribution in [0.3, 0.4) is 0 Å². The van der Waals surface area contributed by atoms with E-state index in [0.29, 0.717) is 28.1 Å². The van der Waals surface area contributed by atoms with Gasteiger partial charge in [-0.25, -0.2) is 9.97 Å². The van der Waals surface area contributed by atoms with Crippen molar-refractivity contribution in [2.45, 2.75) is 45.5 Å². The Morgan fingerprint density at radius 1 is 1.31 bits per heavy atom. The van der Waals surface area contributed by atoms with E-state index < -0.39 is 25.2 Å². The molecule has 0 fully saturated rings. The van der Waals surface area contributed by atoms with Crippen LogP contribution < -0.4 is 10.1 Å². The monoisotopic (exact) mass is 489 g/mol. The molecule has 2 amide bonds. The van der Waals surface area contributed by atoms with Crippen LogP contribution in [0, 0.1) is 6.92 Å². The van der Waals surface area contributed by atoms with Crippen molar-refractivity contribution in [3.63, 3.8) is 0 Å². The Balaban J connectivity index is 1.45. The largest absolute Gasteiger partial charge is 0.491 e. The van der Waals surface area contributed by atoms with E-state index in [4.69, 9.17) is 9.15 Å². The van der Waals surface area contributed by atoms with Gasteiger partial charge in [-0.2, -0.15) is 13.2 Å². The second kappa shape index (κ2) is 9.72. The average molecular weight is 489 g/mol. The van der Waals surface area contributed by atoms with E-state index >= 15 is 0 Å². The maximum absolute atomic E-state index is 13.1. The van der Waals surface area contributed by atoms with E-state index in [0.717, 1.165) is 0 Å². The van der Waals surface area contributed by atoms with E-state index in [1.807, 2.05) is 0 Å². The van der Waals surface area contributed by atoms with Crippen molar-refractivity contribution in [3.8, 4) is 5.75 Å². The number of anilines is 1. The van der Waals surface area contributed by atoms with Crippen molar-refractivity contribution < 1.29 is 31.9 Å². The standard InChI is InChI=1S/C23H22F3N5O4/c1-13-7-18(28-9-19(13)35-6-4-23(24,25)26)14(2)31-10-17-16(22(31)33)3-5-27-21(17)30-20(32)8-15-11-34-12-29-15/h3,5,7,9,11-12,14H,4,6,8,10H2,1-2H3,(H,27,30,32). The van der Waals surface area contributed by atoms with E-state index in [9.17, 15) is 22.8 Å². The molecule has 0 bridgehead atoms. The molecule has 12 heteroatoms. The van der Waals surface area contributed by atoms with Gasteiger partial charge in [-0.15, -0.1) is 0 Å². The fraction of sp³-hybridized carbons (Fsp3) is 0.348. The molecule has 1 atom stereocenters. The third kappa shape index (κ3) is 5.58. The lowest BCUT2D eigenvalue weighted by molar-refractivity contribution is -0.139. The number of oxazole rings is 1. The number of hydrogen-bond acceptors (Lipinski definition) is 7. The number of aryl methyl sites for hydroxylation is 1. The van der Waals surface area contributed by atoms with E-state index in [2.05, 4.69) is 20.3 Å². The van der Waals surface area contributed by atoms with Crippen LogP contribution in [0.5, 0.6) is 5.75 Å². The average Bonchev–Trinajstić information content (AvgIpc) is 3.42. The molecule has 3 aromatic rings. The summed E-state index contributed by atoms with van der Waals surface area (Å²) in [4.78, 5) is 39.5. The minimum atomic E-state index is -4.30. The number of hydrogen-bond donors (Lipinski definition) is 1. The molecule has 0 aromatic carbocycles. The predicted molar refractivity (Wildman–Crippen MR) is 117 cm³/mol. The number of ether oxygens (including phenoxy) is 1. The van der Waals surface area contributed by atoms with Crippen LogP contribution in [0.25, 0.3) is 0 Å². The number of amides is 2. The quantitative estimate of drug-likeness (QED) is 0.509. The lowest BCUT2D eigenvalue weighted by Crippen LogP contribution is -2.28. The van der Waals surface area contributed by atoms with Gasteiger partial charge in [-0.1, -0.05) is 0 Å². The summed E-state index contributed by atoms with van der Waals surface area (Å²) in [6, 6.07) is 2.83. The molecule has 1 unspecified atom stereocenters. The third-order valence-electron chi connectivity index (χ3n) is 5.58.